The summed E-state index contributed by atoms with van der Waals surface area (Å²) in [5, 5.41) is 4.31. The fourth-order valence-electron chi connectivity index (χ4n) is 5.40. The molecule has 1 aliphatic carbocycles. The maximum Gasteiger partial charge on any atom is 0.253 e. The standard InChI is InChI=1S/C29H40ClN3O2/c1-21-22(2)28(35-20-6-15-31-26-7-4-5-8-26)14-13-27(21)23(3)32-16-18-33(19-17-32)29(34)24-9-11-25(30)12-10-24/h9-14,23,26,31H,4-8,15-20H2,1-3H3/t23-/m1/s1. The van der Waals surface area contributed by atoms with Crippen LogP contribution in [0.2, 0.25) is 5.02 Å². The van der Waals surface area contributed by atoms with Gasteiger partial charge in [0.1, 0.15) is 5.75 Å². The first-order valence-electron chi connectivity index (χ1n) is 13.2. The summed E-state index contributed by atoms with van der Waals surface area (Å²) in [6.45, 7) is 11.6. The summed E-state index contributed by atoms with van der Waals surface area (Å²) >= 11 is 5.97. The number of carbonyl (C=O) groups excluding carboxylic acids is 1. The van der Waals surface area contributed by atoms with E-state index in [-0.39, 0.29) is 5.91 Å². The van der Waals surface area contributed by atoms with Gasteiger partial charge >= 0.3 is 0 Å². The molecule has 1 atom stereocenters. The Kier molecular flexibility index (Phi) is 9.10. The van der Waals surface area contributed by atoms with E-state index >= 15 is 0 Å². The number of amides is 1. The Hall–Kier alpha value is -2.08. The lowest BCUT2D eigenvalue weighted by Crippen LogP contribution is -2.49. The van der Waals surface area contributed by atoms with Crippen LogP contribution in [0.5, 0.6) is 5.75 Å². The molecule has 0 bridgehead atoms. The number of ether oxygens (including phenoxy) is 1. The molecule has 5 nitrogen and oxygen atoms in total. The zero-order chi connectivity index (χ0) is 24.8. The van der Waals surface area contributed by atoms with E-state index < -0.39 is 0 Å². The van der Waals surface area contributed by atoms with E-state index in [0.717, 1.165) is 57.5 Å². The number of piperazine rings is 1. The Morgan fingerprint density at radius 1 is 1.03 bits per heavy atom. The first kappa shape index (κ1) is 26.0. The molecule has 1 aliphatic heterocycles. The molecule has 1 heterocycles. The van der Waals surface area contributed by atoms with Crippen molar-refractivity contribution in [3.63, 3.8) is 0 Å². The molecule has 2 aromatic carbocycles. The molecule has 2 aliphatic rings. The lowest BCUT2D eigenvalue weighted by Gasteiger charge is -2.39. The molecule has 190 valence electrons. The smallest absolute Gasteiger partial charge is 0.253 e. The molecule has 1 amide bonds. The number of rotatable bonds is 9. The predicted octanol–water partition coefficient (Wildman–Crippen LogP) is 5.78. The van der Waals surface area contributed by atoms with E-state index in [1.165, 1.54) is 42.4 Å². The van der Waals surface area contributed by atoms with Crippen molar-refractivity contribution in [1.82, 2.24) is 15.1 Å². The van der Waals surface area contributed by atoms with E-state index in [1.807, 2.05) is 17.0 Å². The third kappa shape index (κ3) is 6.58. The summed E-state index contributed by atoms with van der Waals surface area (Å²) in [4.78, 5) is 17.3. The minimum absolute atomic E-state index is 0.0842. The van der Waals surface area contributed by atoms with Crippen LogP contribution in [0.4, 0.5) is 0 Å². The van der Waals surface area contributed by atoms with Gasteiger partial charge in [0, 0.05) is 48.8 Å². The highest BCUT2D eigenvalue weighted by Gasteiger charge is 2.26. The van der Waals surface area contributed by atoms with Gasteiger partial charge in [-0.15, -0.1) is 0 Å². The SMILES string of the molecule is Cc1c(OCCCNC2CCCC2)ccc([C@@H](C)N2CCN(C(=O)c3ccc(Cl)cc3)CC2)c1C. The molecular formula is C29H40ClN3O2. The van der Waals surface area contributed by atoms with Gasteiger partial charge in [-0.3, -0.25) is 9.69 Å². The first-order chi connectivity index (χ1) is 16.9. The fourth-order valence-corrected chi connectivity index (χ4v) is 5.53. The third-order valence-corrected chi connectivity index (χ3v) is 8.09. The molecule has 0 unspecified atom stereocenters. The van der Waals surface area contributed by atoms with Crippen LogP contribution in [0.15, 0.2) is 36.4 Å². The maximum atomic E-state index is 12.8. The molecule has 2 fully saturated rings. The highest BCUT2D eigenvalue weighted by atomic mass is 35.5. The second-order valence-corrected chi connectivity index (χ2v) is 10.5. The minimum Gasteiger partial charge on any atom is -0.493 e. The largest absolute Gasteiger partial charge is 0.493 e. The fraction of sp³-hybridized carbons (Fsp3) is 0.552. The van der Waals surface area contributed by atoms with Crippen LogP contribution < -0.4 is 10.1 Å². The van der Waals surface area contributed by atoms with Gasteiger partial charge in [0.25, 0.3) is 5.91 Å². The average Bonchev–Trinajstić information content (AvgIpc) is 3.40. The van der Waals surface area contributed by atoms with E-state index in [4.69, 9.17) is 16.3 Å². The molecule has 0 aromatic heterocycles. The van der Waals surface area contributed by atoms with E-state index in [9.17, 15) is 4.79 Å². The third-order valence-electron chi connectivity index (χ3n) is 7.84. The second kappa shape index (κ2) is 12.2. The molecule has 1 saturated carbocycles. The van der Waals surface area contributed by atoms with Crippen molar-refractivity contribution in [2.24, 2.45) is 0 Å². The van der Waals surface area contributed by atoms with Gasteiger partial charge in [0.05, 0.1) is 6.61 Å². The predicted molar refractivity (Wildman–Crippen MR) is 144 cm³/mol. The topological polar surface area (TPSA) is 44.8 Å². The van der Waals surface area contributed by atoms with Crippen LogP contribution in [0.25, 0.3) is 0 Å². The monoisotopic (exact) mass is 497 g/mol. The van der Waals surface area contributed by atoms with Gasteiger partial charge in [0.2, 0.25) is 0 Å². The Labute approximate surface area is 215 Å². The van der Waals surface area contributed by atoms with E-state index in [1.54, 1.807) is 12.1 Å². The average molecular weight is 498 g/mol. The van der Waals surface area contributed by atoms with Crippen molar-refractivity contribution in [1.29, 1.82) is 0 Å². The molecule has 0 radical (unpaired) electrons. The number of nitrogens with one attached hydrogen (secondary N) is 1. The van der Waals surface area contributed by atoms with Crippen molar-refractivity contribution in [3.8, 4) is 5.75 Å². The summed E-state index contributed by atoms with van der Waals surface area (Å²) in [5.41, 5.74) is 4.58. The van der Waals surface area contributed by atoms with Gasteiger partial charge in [-0.1, -0.05) is 30.5 Å². The van der Waals surface area contributed by atoms with Crippen molar-refractivity contribution in [3.05, 3.63) is 63.7 Å². The van der Waals surface area contributed by atoms with Crippen LogP contribution in [0, 0.1) is 13.8 Å². The van der Waals surface area contributed by atoms with Gasteiger partial charge in [-0.05, 0) is 93.6 Å². The number of benzene rings is 2. The van der Waals surface area contributed by atoms with Crippen molar-refractivity contribution < 1.29 is 9.53 Å². The summed E-state index contributed by atoms with van der Waals surface area (Å²) in [6, 6.07) is 12.5. The zero-order valence-corrected chi connectivity index (χ0v) is 22.2. The summed E-state index contributed by atoms with van der Waals surface area (Å²) < 4.78 is 6.15. The number of carbonyl (C=O) groups is 1. The van der Waals surface area contributed by atoms with Crippen LogP contribution in [-0.2, 0) is 0 Å². The Balaban J connectivity index is 1.27. The molecule has 0 spiro atoms. The van der Waals surface area contributed by atoms with Gasteiger partial charge in [-0.2, -0.15) is 0 Å². The highest BCUT2D eigenvalue weighted by molar-refractivity contribution is 6.30. The molecule has 1 saturated heterocycles. The Morgan fingerprint density at radius 2 is 1.71 bits per heavy atom. The van der Waals surface area contributed by atoms with E-state index in [2.05, 4.69) is 43.1 Å². The lowest BCUT2D eigenvalue weighted by atomic mass is 9.96. The quantitative estimate of drug-likeness (QED) is 0.446. The first-order valence-corrected chi connectivity index (χ1v) is 13.6. The van der Waals surface area contributed by atoms with Gasteiger partial charge in [-0.25, -0.2) is 0 Å². The summed E-state index contributed by atoms with van der Waals surface area (Å²) in [5.74, 6) is 1.08. The zero-order valence-electron chi connectivity index (χ0n) is 21.5. The highest BCUT2D eigenvalue weighted by Crippen LogP contribution is 2.31. The van der Waals surface area contributed by atoms with E-state index in [0.29, 0.717) is 16.6 Å². The maximum absolute atomic E-state index is 12.8. The number of hydrogen-bond donors (Lipinski definition) is 1. The van der Waals surface area contributed by atoms with Crippen molar-refractivity contribution in [2.45, 2.75) is 65.0 Å². The van der Waals surface area contributed by atoms with Crippen molar-refractivity contribution in [2.75, 3.05) is 39.3 Å². The molecular weight excluding hydrogens is 458 g/mol. The van der Waals surface area contributed by atoms with Gasteiger partial charge in [0.15, 0.2) is 0 Å². The number of nitrogens with zero attached hydrogens (tertiary/aromatic N) is 2. The van der Waals surface area contributed by atoms with Crippen LogP contribution in [0.1, 0.15) is 72.1 Å². The Morgan fingerprint density at radius 3 is 2.40 bits per heavy atom. The molecule has 2 aromatic rings. The number of hydrogen-bond acceptors (Lipinski definition) is 4. The van der Waals surface area contributed by atoms with Crippen LogP contribution in [0.3, 0.4) is 0 Å². The molecule has 1 N–H and O–H groups in total. The van der Waals surface area contributed by atoms with Crippen LogP contribution >= 0.6 is 11.6 Å². The van der Waals surface area contributed by atoms with Crippen LogP contribution in [-0.4, -0.2) is 61.1 Å². The molecule has 35 heavy (non-hydrogen) atoms. The minimum atomic E-state index is 0.0842. The second-order valence-electron chi connectivity index (χ2n) is 10.1. The normalized spacial score (nSPS) is 18.1. The number of halogens is 1. The van der Waals surface area contributed by atoms with Gasteiger partial charge < -0.3 is 15.0 Å². The van der Waals surface area contributed by atoms with Crippen molar-refractivity contribution >= 4 is 17.5 Å². The lowest BCUT2D eigenvalue weighted by molar-refractivity contribution is 0.0581. The molecule has 6 heteroatoms. The summed E-state index contributed by atoms with van der Waals surface area (Å²) in [6.07, 6.45) is 6.43. The summed E-state index contributed by atoms with van der Waals surface area (Å²) in [7, 11) is 0. The molecule has 4 rings (SSSR count). The Bertz CT molecular complexity index is 980.